The van der Waals surface area contributed by atoms with Gasteiger partial charge in [0.05, 0.1) is 23.2 Å². The number of hydrogen-bond donors (Lipinski definition) is 0. The first-order chi connectivity index (χ1) is 13.8. The van der Waals surface area contributed by atoms with Crippen LogP contribution in [0.1, 0.15) is 30.1 Å². The Balaban J connectivity index is 2.00. The Morgan fingerprint density at radius 2 is 1.97 bits per heavy atom. The molecule has 0 bridgehead atoms. The van der Waals surface area contributed by atoms with Gasteiger partial charge in [-0.15, -0.1) is 0 Å². The second-order valence-corrected chi connectivity index (χ2v) is 7.06. The van der Waals surface area contributed by atoms with Gasteiger partial charge < -0.3 is 4.57 Å². The van der Waals surface area contributed by atoms with Gasteiger partial charge in [0.25, 0.3) is 5.56 Å². The van der Waals surface area contributed by atoms with Crippen LogP contribution in [-0.2, 0) is 13.2 Å². The third-order valence-corrected chi connectivity index (χ3v) is 5.06. The second kappa shape index (κ2) is 5.85. The van der Waals surface area contributed by atoms with Crippen LogP contribution in [0.3, 0.4) is 0 Å². The zero-order valence-electron chi connectivity index (χ0n) is 15.0. The van der Waals surface area contributed by atoms with Crippen LogP contribution in [0.4, 0.5) is 17.6 Å². The molecule has 0 spiro atoms. The van der Waals surface area contributed by atoms with Crippen molar-refractivity contribution < 1.29 is 17.6 Å². The van der Waals surface area contributed by atoms with Gasteiger partial charge >= 0.3 is 6.18 Å². The van der Waals surface area contributed by atoms with Crippen LogP contribution >= 0.6 is 0 Å². The van der Waals surface area contributed by atoms with Crippen molar-refractivity contribution in [3.63, 3.8) is 0 Å². The predicted octanol–water partition coefficient (Wildman–Crippen LogP) is 3.70. The zero-order chi connectivity index (χ0) is 20.5. The predicted molar refractivity (Wildman–Crippen MR) is 96.3 cm³/mol. The lowest BCUT2D eigenvalue weighted by molar-refractivity contribution is -0.143. The first-order valence-electron chi connectivity index (χ1n) is 8.86. The first-order valence-corrected chi connectivity index (χ1v) is 8.86. The van der Waals surface area contributed by atoms with Gasteiger partial charge in [-0.3, -0.25) is 14.3 Å². The number of nitrogens with zero attached hydrogens (tertiary/aromatic N) is 5. The van der Waals surface area contributed by atoms with Gasteiger partial charge in [-0.2, -0.15) is 13.2 Å². The normalized spacial score (nSPS) is 14.8. The molecule has 4 heterocycles. The molecule has 1 aliphatic carbocycles. The largest absolute Gasteiger partial charge is 0.436 e. The van der Waals surface area contributed by atoms with Crippen LogP contribution in [0.5, 0.6) is 0 Å². The van der Waals surface area contributed by atoms with Crippen LogP contribution < -0.4 is 5.56 Å². The quantitative estimate of drug-likeness (QED) is 0.479. The van der Waals surface area contributed by atoms with Gasteiger partial charge in [0, 0.05) is 24.5 Å². The Morgan fingerprint density at radius 3 is 2.66 bits per heavy atom. The Bertz CT molecular complexity index is 1350. The van der Waals surface area contributed by atoms with Crippen LogP contribution in [-0.4, -0.2) is 24.1 Å². The maximum Gasteiger partial charge on any atom is 0.436 e. The third kappa shape index (κ3) is 2.62. The average molecular weight is 403 g/mol. The molecule has 5 rings (SSSR count). The Kier molecular flexibility index (Phi) is 3.59. The minimum absolute atomic E-state index is 0.0200. The molecular weight excluding hydrogens is 390 g/mol. The van der Waals surface area contributed by atoms with Crippen molar-refractivity contribution >= 4 is 22.1 Å². The molecule has 1 aliphatic rings. The number of imidazole rings is 1. The number of halogens is 4. The maximum absolute atomic E-state index is 14.3. The molecule has 0 atom stereocenters. The smallest absolute Gasteiger partial charge is 0.333 e. The summed E-state index contributed by atoms with van der Waals surface area (Å²) in [6.45, 7) is 0. The summed E-state index contributed by atoms with van der Waals surface area (Å²) in [6.07, 6.45) is -0.333. The van der Waals surface area contributed by atoms with Gasteiger partial charge in [-0.1, -0.05) is 0 Å². The van der Waals surface area contributed by atoms with Crippen molar-refractivity contribution in [1.29, 1.82) is 0 Å². The molecule has 10 heteroatoms. The van der Waals surface area contributed by atoms with Crippen molar-refractivity contribution in [3.05, 3.63) is 58.3 Å². The Hall–Kier alpha value is -3.30. The van der Waals surface area contributed by atoms with E-state index < -0.39 is 23.2 Å². The molecule has 0 aromatic carbocycles. The summed E-state index contributed by atoms with van der Waals surface area (Å²) in [6, 6.07) is 3.96. The molecule has 0 unspecified atom stereocenters. The second-order valence-electron chi connectivity index (χ2n) is 7.06. The number of aryl methyl sites for hydroxylation is 1. The standard InChI is InChI=1S/C19H13F4N5O/c1-27-8-25-14-15(27)10-7-11(20)16(19(21,22)23)26-17(10)28(18(14)29)12-3-2-6-24-13(12)9-4-5-9/h2-3,6-9H,4-5H2,1H3. The lowest BCUT2D eigenvalue weighted by atomic mass is 10.1. The minimum atomic E-state index is -5.01. The molecule has 4 aromatic rings. The van der Waals surface area contributed by atoms with Crippen molar-refractivity contribution in [2.75, 3.05) is 0 Å². The fourth-order valence-electron chi connectivity index (χ4n) is 3.62. The number of alkyl halides is 3. The van der Waals surface area contributed by atoms with Crippen molar-refractivity contribution in [2.45, 2.75) is 24.9 Å². The molecule has 1 fully saturated rings. The summed E-state index contributed by atoms with van der Waals surface area (Å²) in [5.41, 5.74) is -1.40. The van der Waals surface area contributed by atoms with Crippen LogP contribution in [0.15, 0.2) is 35.5 Å². The van der Waals surface area contributed by atoms with E-state index in [1.54, 1.807) is 25.4 Å². The topological polar surface area (TPSA) is 65.6 Å². The van der Waals surface area contributed by atoms with E-state index in [0.29, 0.717) is 11.4 Å². The van der Waals surface area contributed by atoms with Crippen molar-refractivity contribution in [3.8, 4) is 5.69 Å². The Labute approximate surface area is 160 Å². The number of rotatable bonds is 2. The zero-order valence-corrected chi connectivity index (χ0v) is 15.0. The lowest BCUT2D eigenvalue weighted by Gasteiger charge is -2.16. The molecule has 0 radical (unpaired) electrons. The summed E-state index contributed by atoms with van der Waals surface area (Å²) in [5.74, 6) is -1.39. The highest BCUT2D eigenvalue weighted by Crippen LogP contribution is 2.42. The van der Waals surface area contributed by atoms with E-state index in [2.05, 4.69) is 15.0 Å². The summed E-state index contributed by atoms with van der Waals surface area (Å²) < 4.78 is 56.9. The third-order valence-electron chi connectivity index (χ3n) is 5.06. The number of pyridine rings is 3. The van der Waals surface area contributed by atoms with Crippen LogP contribution in [0, 0.1) is 5.82 Å². The van der Waals surface area contributed by atoms with E-state index in [1.165, 1.54) is 10.9 Å². The van der Waals surface area contributed by atoms with E-state index in [-0.39, 0.29) is 28.0 Å². The highest BCUT2D eigenvalue weighted by molar-refractivity contribution is 6.01. The molecular formula is C19H13F4N5O. The Morgan fingerprint density at radius 1 is 1.21 bits per heavy atom. The van der Waals surface area contributed by atoms with Crippen LogP contribution in [0.2, 0.25) is 0 Å². The monoisotopic (exact) mass is 403 g/mol. The number of aromatic nitrogens is 5. The van der Waals surface area contributed by atoms with E-state index in [9.17, 15) is 22.4 Å². The molecule has 0 saturated heterocycles. The molecule has 4 aromatic heterocycles. The molecule has 1 saturated carbocycles. The van der Waals surface area contributed by atoms with E-state index >= 15 is 0 Å². The summed E-state index contributed by atoms with van der Waals surface area (Å²) in [7, 11) is 1.58. The van der Waals surface area contributed by atoms with Gasteiger partial charge in [-0.25, -0.2) is 14.4 Å². The fourth-order valence-corrected chi connectivity index (χ4v) is 3.62. The minimum Gasteiger partial charge on any atom is -0.333 e. The van der Waals surface area contributed by atoms with Crippen LogP contribution in [0.25, 0.3) is 27.8 Å². The van der Waals surface area contributed by atoms with Gasteiger partial charge in [0.15, 0.2) is 22.7 Å². The van der Waals surface area contributed by atoms with Gasteiger partial charge in [0.1, 0.15) is 0 Å². The van der Waals surface area contributed by atoms with Crippen molar-refractivity contribution in [2.24, 2.45) is 7.05 Å². The SMILES string of the molecule is Cn1cnc2c(=O)n(-c3cccnc3C3CC3)c3nc(C(F)(F)F)c(F)cc3c21. The van der Waals surface area contributed by atoms with Gasteiger partial charge in [0.2, 0.25) is 0 Å². The molecule has 0 amide bonds. The number of fused-ring (bicyclic) bond motifs is 3. The number of hydrogen-bond acceptors (Lipinski definition) is 4. The molecule has 6 nitrogen and oxygen atoms in total. The summed E-state index contributed by atoms with van der Waals surface area (Å²) in [5, 5.41) is 0.0655. The lowest BCUT2D eigenvalue weighted by Crippen LogP contribution is -2.23. The fraction of sp³-hybridized carbons (Fsp3) is 0.263. The highest BCUT2D eigenvalue weighted by Gasteiger charge is 2.38. The average Bonchev–Trinajstić information content (AvgIpc) is 3.43. The maximum atomic E-state index is 14.3. The molecule has 148 valence electrons. The van der Waals surface area contributed by atoms with Crippen molar-refractivity contribution in [1.82, 2.24) is 24.1 Å². The molecule has 0 aliphatic heterocycles. The molecule has 0 N–H and O–H groups in total. The van der Waals surface area contributed by atoms with E-state index in [0.717, 1.165) is 23.5 Å². The summed E-state index contributed by atoms with van der Waals surface area (Å²) in [4.78, 5) is 25.2. The van der Waals surface area contributed by atoms with Gasteiger partial charge in [-0.05, 0) is 31.0 Å². The summed E-state index contributed by atoms with van der Waals surface area (Å²) >= 11 is 0. The first kappa shape index (κ1) is 17.8. The van der Waals surface area contributed by atoms with E-state index in [1.807, 2.05) is 0 Å². The molecule has 29 heavy (non-hydrogen) atoms. The van der Waals surface area contributed by atoms with E-state index in [4.69, 9.17) is 0 Å². The highest BCUT2D eigenvalue weighted by atomic mass is 19.4.